The molecule has 3 rings (SSSR count). The average molecular weight is 416 g/mol. The van der Waals surface area contributed by atoms with Crippen molar-refractivity contribution in [1.29, 1.82) is 5.26 Å². The van der Waals surface area contributed by atoms with Gasteiger partial charge in [-0.2, -0.15) is 5.26 Å². The summed E-state index contributed by atoms with van der Waals surface area (Å²) < 4.78 is 19.7. The second-order valence-electron chi connectivity index (χ2n) is 7.38. The molecule has 0 unspecified atom stereocenters. The van der Waals surface area contributed by atoms with Crippen molar-refractivity contribution in [3.8, 4) is 17.6 Å². The van der Waals surface area contributed by atoms with Gasteiger partial charge >= 0.3 is 7.19 Å². The van der Waals surface area contributed by atoms with Gasteiger partial charge in [-0.3, -0.25) is 0 Å². The Morgan fingerprint density at radius 2 is 1.94 bits per heavy atom. The highest BCUT2D eigenvalue weighted by molar-refractivity contribution is 6.41. The smallest absolute Gasteiger partial charge is 0.493 e. The Morgan fingerprint density at radius 1 is 1.19 bits per heavy atom. The van der Waals surface area contributed by atoms with Crippen LogP contribution in [0.1, 0.15) is 26.5 Å². The standard InChI is InChI=1S/C24H26BN3O3/c1-5-6-12-23(30-17-18(2)3)24-19(16-26)20-11-9-10-15-28(20)25(27-24)31-22-14-8-7-13-21(22)29-4/h5-15,18H,17H2,1-4H3/p+1/b6-5-,23-12+. The van der Waals surface area contributed by atoms with Gasteiger partial charge in [0.15, 0.2) is 5.75 Å². The van der Waals surface area contributed by atoms with E-state index < -0.39 is 7.19 Å². The maximum Gasteiger partial charge on any atom is 0.868 e. The Bertz CT molecular complexity index is 1050. The van der Waals surface area contributed by atoms with Gasteiger partial charge in [0.25, 0.3) is 0 Å². The number of benzene rings is 1. The second-order valence-corrected chi connectivity index (χ2v) is 7.38. The van der Waals surface area contributed by atoms with E-state index in [9.17, 15) is 5.26 Å². The number of allylic oxidation sites excluding steroid dienone is 4. The Kier molecular flexibility index (Phi) is 7.39. The quantitative estimate of drug-likeness (QED) is 0.402. The van der Waals surface area contributed by atoms with E-state index in [1.54, 1.807) is 7.11 Å². The van der Waals surface area contributed by atoms with Crippen molar-refractivity contribution < 1.29 is 18.6 Å². The van der Waals surface area contributed by atoms with E-state index in [1.165, 1.54) is 0 Å². The zero-order valence-corrected chi connectivity index (χ0v) is 18.3. The Hall–Kier alpha value is -3.66. The number of nitriles is 1. The Labute approximate surface area is 184 Å². The molecule has 1 N–H and O–H groups in total. The summed E-state index contributed by atoms with van der Waals surface area (Å²) in [6, 6.07) is 15.5. The van der Waals surface area contributed by atoms with Crippen LogP contribution < -0.4 is 19.1 Å². The molecule has 0 aliphatic carbocycles. The average Bonchev–Trinajstić information content (AvgIpc) is 2.79. The van der Waals surface area contributed by atoms with Gasteiger partial charge in [-0.05, 0) is 43.2 Å². The van der Waals surface area contributed by atoms with Crippen molar-refractivity contribution in [2.45, 2.75) is 20.8 Å². The lowest BCUT2D eigenvalue weighted by molar-refractivity contribution is -0.554. The molecule has 0 radical (unpaired) electrons. The number of aromatic nitrogens is 1. The van der Waals surface area contributed by atoms with Crippen LogP contribution >= 0.6 is 0 Å². The van der Waals surface area contributed by atoms with Crippen LogP contribution in [0.4, 0.5) is 0 Å². The minimum Gasteiger partial charge on any atom is -0.493 e. The molecular formula is C24H27BN3O3+. The zero-order valence-electron chi connectivity index (χ0n) is 18.3. The summed E-state index contributed by atoms with van der Waals surface area (Å²) in [5.74, 6) is 2.14. The molecule has 0 bridgehead atoms. The molecule has 1 aromatic heterocycles. The van der Waals surface area contributed by atoms with Crippen LogP contribution in [-0.4, -0.2) is 20.9 Å². The molecule has 1 aromatic carbocycles. The third-order valence-corrected chi connectivity index (χ3v) is 4.59. The molecule has 0 atom stereocenters. The highest BCUT2D eigenvalue weighted by atomic mass is 16.5. The second kappa shape index (κ2) is 10.4. The van der Waals surface area contributed by atoms with E-state index in [4.69, 9.17) is 14.1 Å². The van der Waals surface area contributed by atoms with Gasteiger partial charge in [0.1, 0.15) is 29.3 Å². The Balaban J connectivity index is 2.08. The number of fused-ring (bicyclic) bond motifs is 1. The fourth-order valence-corrected chi connectivity index (χ4v) is 3.14. The predicted octanol–water partition coefficient (Wildman–Crippen LogP) is 3.87. The number of pyridine rings is 1. The van der Waals surface area contributed by atoms with Crippen LogP contribution in [-0.2, 0) is 4.74 Å². The van der Waals surface area contributed by atoms with E-state index in [-0.39, 0.29) is 0 Å². The monoisotopic (exact) mass is 416 g/mol. The highest BCUT2D eigenvalue weighted by Gasteiger charge is 2.46. The number of ether oxygens (including phenoxy) is 2. The first-order valence-electron chi connectivity index (χ1n) is 10.3. The van der Waals surface area contributed by atoms with E-state index in [0.717, 1.165) is 5.69 Å². The summed E-state index contributed by atoms with van der Waals surface area (Å²) in [6.07, 6.45) is 7.55. The third kappa shape index (κ3) is 5.10. The number of para-hydroxylation sites is 2. The van der Waals surface area contributed by atoms with Crippen molar-refractivity contribution in [3.63, 3.8) is 0 Å². The largest absolute Gasteiger partial charge is 0.868 e. The lowest BCUT2D eigenvalue weighted by Crippen LogP contribution is -2.67. The molecule has 0 saturated carbocycles. The molecule has 6 nitrogen and oxygen atoms in total. The van der Waals surface area contributed by atoms with Crippen LogP contribution in [0.2, 0.25) is 0 Å². The van der Waals surface area contributed by atoms with Gasteiger partial charge in [0, 0.05) is 6.07 Å². The van der Waals surface area contributed by atoms with Gasteiger partial charge in [-0.25, -0.2) is 4.48 Å². The van der Waals surface area contributed by atoms with Gasteiger partial charge in [-0.1, -0.05) is 38.1 Å². The van der Waals surface area contributed by atoms with Gasteiger partial charge in [-0.15, -0.1) is 0 Å². The number of nitrogens with zero attached hydrogens (tertiary/aromatic N) is 2. The summed E-state index contributed by atoms with van der Waals surface area (Å²) in [5.41, 5.74) is 1.81. The molecule has 0 fully saturated rings. The third-order valence-electron chi connectivity index (χ3n) is 4.59. The summed E-state index contributed by atoms with van der Waals surface area (Å²) in [6.45, 7) is 6.63. The van der Waals surface area contributed by atoms with Gasteiger partial charge < -0.3 is 19.4 Å². The minimum absolute atomic E-state index is 0.339. The lowest BCUT2D eigenvalue weighted by Gasteiger charge is -2.23. The Morgan fingerprint density at radius 3 is 2.61 bits per heavy atom. The topological polar surface area (TPSA) is 67.4 Å². The van der Waals surface area contributed by atoms with Crippen molar-refractivity contribution in [2.24, 2.45) is 5.92 Å². The van der Waals surface area contributed by atoms with Crippen molar-refractivity contribution in [1.82, 2.24) is 5.23 Å². The molecule has 2 aromatic rings. The van der Waals surface area contributed by atoms with Crippen molar-refractivity contribution in [3.05, 3.63) is 84.0 Å². The molecule has 7 heteroatoms. The number of rotatable bonds is 8. The SMILES string of the molecule is C/C=C\C=C(\OCC(C)C)C1=C(C#N)c2cccc[n+]2B(Oc2ccccc2OC)N1. The minimum atomic E-state index is -0.601. The molecule has 158 valence electrons. The maximum absolute atomic E-state index is 10.00. The van der Waals surface area contributed by atoms with Crippen LogP contribution in [0.15, 0.2) is 78.3 Å². The van der Waals surface area contributed by atoms with E-state index in [0.29, 0.717) is 41.1 Å². The first-order chi connectivity index (χ1) is 15.1. The van der Waals surface area contributed by atoms with E-state index >= 15 is 0 Å². The highest BCUT2D eigenvalue weighted by Crippen LogP contribution is 2.28. The molecule has 2 heterocycles. The first-order valence-corrected chi connectivity index (χ1v) is 10.3. The van der Waals surface area contributed by atoms with Gasteiger partial charge in [0.05, 0.1) is 19.4 Å². The number of methoxy groups -OCH3 is 1. The fraction of sp³-hybridized carbons (Fsp3) is 0.250. The van der Waals surface area contributed by atoms with Crippen molar-refractivity contribution in [2.75, 3.05) is 13.7 Å². The van der Waals surface area contributed by atoms with Crippen molar-refractivity contribution >= 4 is 12.8 Å². The fourth-order valence-electron chi connectivity index (χ4n) is 3.14. The zero-order chi connectivity index (χ0) is 22.2. The first kappa shape index (κ1) is 22.0. The number of hydrogen-bond donors (Lipinski definition) is 1. The van der Waals surface area contributed by atoms with E-state index in [1.807, 2.05) is 78.3 Å². The molecule has 1 aliphatic rings. The van der Waals surface area contributed by atoms with Gasteiger partial charge in [0.2, 0.25) is 5.69 Å². The summed E-state index contributed by atoms with van der Waals surface area (Å²) in [5, 5.41) is 13.4. The normalized spacial score (nSPS) is 13.7. The molecule has 1 aliphatic heterocycles. The lowest BCUT2D eigenvalue weighted by atomic mass is 9.89. The summed E-state index contributed by atoms with van der Waals surface area (Å²) in [7, 11) is 1.00. The molecular weight excluding hydrogens is 389 g/mol. The van der Waals surface area contributed by atoms with Crippen LogP contribution in [0.5, 0.6) is 11.5 Å². The van der Waals surface area contributed by atoms with Crippen LogP contribution in [0.3, 0.4) is 0 Å². The summed E-state index contributed by atoms with van der Waals surface area (Å²) in [4.78, 5) is 0. The maximum atomic E-state index is 10.00. The molecule has 0 saturated heterocycles. The molecule has 0 amide bonds. The molecule has 0 spiro atoms. The van der Waals surface area contributed by atoms with Crippen LogP contribution in [0.25, 0.3) is 5.57 Å². The van der Waals surface area contributed by atoms with E-state index in [2.05, 4.69) is 25.1 Å². The summed E-state index contributed by atoms with van der Waals surface area (Å²) >= 11 is 0. The predicted molar refractivity (Wildman–Crippen MR) is 121 cm³/mol. The number of nitrogens with one attached hydrogen (secondary N) is 1. The molecule has 31 heavy (non-hydrogen) atoms. The number of hydrogen-bond acceptors (Lipinski definition) is 5. The van der Waals surface area contributed by atoms with Crippen LogP contribution in [0, 0.1) is 17.2 Å².